The van der Waals surface area contributed by atoms with Gasteiger partial charge in [-0.15, -0.1) is 0 Å². The van der Waals surface area contributed by atoms with Crippen LogP contribution in [-0.4, -0.2) is 45.9 Å². The number of rotatable bonds is 4. The van der Waals surface area contributed by atoms with Gasteiger partial charge in [0.2, 0.25) is 5.88 Å². The lowest BCUT2D eigenvalue weighted by Gasteiger charge is -2.23. The number of hydrogen-bond acceptors (Lipinski definition) is 7. The Balaban J connectivity index is 2.00. The van der Waals surface area contributed by atoms with Crippen LogP contribution >= 0.6 is 0 Å². The van der Waals surface area contributed by atoms with Crippen molar-refractivity contribution in [1.82, 2.24) is 25.4 Å². The fourth-order valence-corrected chi connectivity index (χ4v) is 4.51. The van der Waals surface area contributed by atoms with Gasteiger partial charge in [0.1, 0.15) is 17.1 Å². The summed E-state index contributed by atoms with van der Waals surface area (Å²) < 4.78 is 80.9. The predicted octanol–water partition coefficient (Wildman–Crippen LogP) is 4.16. The van der Waals surface area contributed by atoms with Gasteiger partial charge in [-0.1, -0.05) is 0 Å². The minimum Gasteiger partial charge on any atom is -0.474 e. The fourth-order valence-electron chi connectivity index (χ4n) is 4.51. The molecular weight excluding hydrogens is 537 g/mol. The molecule has 0 unspecified atom stereocenters. The lowest BCUT2D eigenvalue weighted by atomic mass is 9.95. The van der Waals surface area contributed by atoms with Gasteiger partial charge in [-0.25, -0.2) is 13.8 Å². The second-order valence-electron chi connectivity index (χ2n) is 9.78. The summed E-state index contributed by atoms with van der Waals surface area (Å²) >= 11 is 0. The molecule has 3 heterocycles. The van der Waals surface area contributed by atoms with Crippen molar-refractivity contribution >= 4 is 17.3 Å². The first-order chi connectivity index (χ1) is 18.8. The van der Waals surface area contributed by atoms with Gasteiger partial charge >= 0.3 is 6.18 Å². The second kappa shape index (κ2) is 11.3. The molecule has 0 fully saturated rings. The van der Waals surface area contributed by atoms with Crippen LogP contribution < -0.4 is 26.4 Å². The van der Waals surface area contributed by atoms with Crippen LogP contribution in [0.15, 0.2) is 18.3 Å². The van der Waals surface area contributed by atoms with E-state index in [4.69, 9.17) is 10.5 Å². The van der Waals surface area contributed by atoms with Crippen LogP contribution in [0.25, 0.3) is 11.3 Å². The van der Waals surface area contributed by atoms with Gasteiger partial charge in [0.05, 0.1) is 35.3 Å². The Morgan fingerprint density at radius 3 is 2.62 bits per heavy atom. The summed E-state index contributed by atoms with van der Waals surface area (Å²) in [7, 11) is 1.68. The number of pyridine rings is 1. The summed E-state index contributed by atoms with van der Waals surface area (Å²) in [5, 5.41) is 12.9. The molecule has 40 heavy (non-hydrogen) atoms. The Kier molecular flexibility index (Phi) is 8.19. The molecule has 0 spiro atoms. The van der Waals surface area contributed by atoms with Gasteiger partial charge < -0.3 is 26.4 Å². The molecule has 1 aliphatic rings. The van der Waals surface area contributed by atoms with Crippen molar-refractivity contribution in [3.05, 3.63) is 52.3 Å². The number of nitrogens with one attached hydrogen (secondary N) is 3. The second-order valence-corrected chi connectivity index (χ2v) is 9.78. The van der Waals surface area contributed by atoms with Crippen molar-refractivity contribution in [1.29, 1.82) is 0 Å². The van der Waals surface area contributed by atoms with Gasteiger partial charge in [-0.3, -0.25) is 9.48 Å². The maximum Gasteiger partial charge on any atom is 0.417 e. The number of nitrogen functional groups attached to an aromatic ring is 1. The quantitative estimate of drug-likeness (QED) is 0.276. The Labute approximate surface area is 227 Å². The smallest absolute Gasteiger partial charge is 0.417 e. The molecule has 5 N–H and O–H groups in total. The fraction of sp³-hybridized carbons (Fsp3) is 0.423. The number of nitrogens with two attached hydrogens (primary N) is 1. The van der Waals surface area contributed by atoms with Crippen LogP contribution in [0.5, 0.6) is 5.88 Å². The normalized spacial score (nSPS) is 18.4. The van der Waals surface area contributed by atoms with E-state index in [1.54, 1.807) is 33.2 Å². The van der Waals surface area contributed by atoms with Crippen molar-refractivity contribution in [2.75, 3.05) is 24.1 Å². The van der Waals surface area contributed by atoms with Crippen LogP contribution in [-0.2, 0) is 19.8 Å². The van der Waals surface area contributed by atoms with E-state index in [1.807, 2.05) is 0 Å². The number of carbonyl (C=O) groups is 1. The summed E-state index contributed by atoms with van der Waals surface area (Å²) in [5.74, 6) is -3.66. The van der Waals surface area contributed by atoms with E-state index >= 15 is 4.39 Å². The molecule has 2 aromatic heterocycles. The molecule has 3 aromatic rings. The van der Waals surface area contributed by atoms with Gasteiger partial charge in [-0.05, 0) is 51.4 Å². The first-order valence-corrected chi connectivity index (χ1v) is 12.6. The molecule has 0 radical (unpaired) electrons. The molecule has 2 atom stereocenters. The number of amides is 1. The van der Waals surface area contributed by atoms with E-state index in [9.17, 15) is 22.4 Å². The summed E-state index contributed by atoms with van der Waals surface area (Å²) in [5.41, 5.74) is 0.928. The SMILES string of the molecule is Cc1c(F)c(N)cc(-c2nc3c(c(NCc4ccn(C)n4)c2F)C(=O)N[C@H](C)CNCC[C@H](C)O3)c1C(F)(F)F. The Morgan fingerprint density at radius 2 is 1.98 bits per heavy atom. The van der Waals surface area contributed by atoms with E-state index in [1.165, 1.54) is 4.68 Å². The van der Waals surface area contributed by atoms with Crippen molar-refractivity contribution in [2.45, 2.75) is 52.1 Å². The van der Waals surface area contributed by atoms with Crippen molar-refractivity contribution in [3.63, 3.8) is 0 Å². The molecule has 0 saturated carbocycles. The molecule has 1 aliphatic heterocycles. The number of halogens is 5. The minimum absolute atomic E-state index is 0.0791. The summed E-state index contributed by atoms with van der Waals surface area (Å²) in [4.78, 5) is 17.5. The zero-order chi connectivity index (χ0) is 29.4. The summed E-state index contributed by atoms with van der Waals surface area (Å²) in [6.07, 6.45) is -3.52. The number of aromatic nitrogens is 3. The number of anilines is 2. The molecule has 1 aromatic carbocycles. The van der Waals surface area contributed by atoms with Crippen LogP contribution in [0.2, 0.25) is 0 Å². The highest BCUT2D eigenvalue weighted by molar-refractivity contribution is 6.03. The lowest BCUT2D eigenvalue weighted by molar-refractivity contribution is -0.137. The molecule has 216 valence electrons. The minimum atomic E-state index is -5.08. The average molecular weight is 568 g/mol. The number of benzene rings is 1. The summed E-state index contributed by atoms with van der Waals surface area (Å²) in [6, 6.07) is 1.96. The number of alkyl halides is 3. The number of fused-ring (bicyclic) bond motifs is 1. The maximum atomic E-state index is 16.3. The number of nitrogens with zero attached hydrogens (tertiary/aromatic N) is 3. The molecule has 14 heteroatoms. The highest BCUT2D eigenvalue weighted by Gasteiger charge is 2.40. The van der Waals surface area contributed by atoms with Crippen LogP contribution in [0.3, 0.4) is 0 Å². The van der Waals surface area contributed by atoms with Crippen LogP contribution in [0.4, 0.5) is 33.3 Å². The Bertz CT molecular complexity index is 1420. The number of carbonyl (C=O) groups excluding carboxylic acids is 1. The highest BCUT2D eigenvalue weighted by atomic mass is 19.4. The Hall–Kier alpha value is -3.94. The summed E-state index contributed by atoms with van der Waals surface area (Å²) in [6.45, 7) is 5.19. The standard InChI is InChI=1S/C26H30F5N7O2/c1-12-10-33-7-5-13(2)40-25-18(24(39)35-12)23(34-11-15-6-8-38(4)37-15)21(28)22(36-25)16-9-17(32)20(27)14(3)19(16)26(29,30)31/h6,8-9,12-13,33H,5,7,10-11,32H2,1-4H3,(H,34,36)(H,35,39)/t12-,13+/m1/s1. The molecule has 0 aliphatic carbocycles. The predicted molar refractivity (Wildman–Crippen MR) is 139 cm³/mol. The van der Waals surface area contributed by atoms with Crippen LogP contribution in [0.1, 0.15) is 47.4 Å². The first-order valence-electron chi connectivity index (χ1n) is 12.6. The number of aryl methyl sites for hydroxylation is 1. The zero-order valence-electron chi connectivity index (χ0n) is 22.3. The van der Waals surface area contributed by atoms with E-state index in [-0.39, 0.29) is 24.0 Å². The van der Waals surface area contributed by atoms with Gasteiger partial charge in [0, 0.05) is 31.4 Å². The van der Waals surface area contributed by atoms with E-state index in [0.29, 0.717) is 31.3 Å². The number of ether oxygens (including phenoxy) is 1. The Morgan fingerprint density at radius 1 is 1.25 bits per heavy atom. The van der Waals surface area contributed by atoms with E-state index in [0.717, 1.165) is 6.92 Å². The lowest BCUT2D eigenvalue weighted by Crippen LogP contribution is -2.40. The monoisotopic (exact) mass is 567 g/mol. The third-order valence-corrected chi connectivity index (χ3v) is 6.48. The average Bonchev–Trinajstić information content (AvgIpc) is 3.27. The van der Waals surface area contributed by atoms with Crippen molar-refractivity contribution in [2.24, 2.45) is 7.05 Å². The third-order valence-electron chi connectivity index (χ3n) is 6.48. The maximum absolute atomic E-state index is 16.3. The third kappa shape index (κ3) is 5.96. The van der Waals surface area contributed by atoms with E-state index in [2.05, 4.69) is 26.0 Å². The molecule has 0 saturated heterocycles. The molecule has 4 rings (SSSR count). The highest BCUT2D eigenvalue weighted by Crippen LogP contribution is 2.44. The van der Waals surface area contributed by atoms with Crippen molar-refractivity contribution in [3.8, 4) is 17.1 Å². The van der Waals surface area contributed by atoms with E-state index < -0.39 is 63.6 Å². The van der Waals surface area contributed by atoms with Gasteiger partial charge in [0.15, 0.2) is 5.82 Å². The first kappa shape index (κ1) is 29.1. The zero-order valence-corrected chi connectivity index (χ0v) is 22.3. The number of hydrogen-bond donors (Lipinski definition) is 4. The molecule has 9 nitrogen and oxygen atoms in total. The molecule has 1 amide bonds. The topological polar surface area (TPSA) is 119 Å². The van der Waals surface area contributed by atoms with Crippen molar-refractivity contribution < 1.29 is 31.5 Å². The molecule has 0 bridgehead atoms. The molecular formula is C26H30F5N7O2. The van der Waals surface area contributed by atoms with Gasteiger partial charge in [0.25, 0.3) is 5.91 Å². The largest absolute Gasteiger partial charge is 0.474 e. The van der Waals surface area contributed by atoms with Crippen LogP contribution in [0, 0.1) is 18.6 Å². The van der Waals surface area contributed by atoms with Gasteiger partial charge in [-0.2, -0.15) is 18.3 Å².